The zero-order valence-corrected chi connectivity index (χ0v) is 17.8. The first kappa shape index (κ1) is 20.2. The number of aryl methyl sites for hydroxylation is 1. The Morgan fingerprint density at radius 3 is 2.69 bits per heavy atom. The topological polar surface area (TPSA) is 96.8 Å². The smallest absolute Gasteiger partial charge is 0.187 e. The van der Waals surface area contributed by atoms with Gasteiger partial charge < -0.3 is 15.8 Å². The highest BCUT2D eigenvalue weighted by Crippen LogP contribution is 2.36. The second-order valence-corrected chi connectivity index (χ2v) is 7.51. The van der Waals surface area contributed by atoms with Crippen LogP contribution in [0.15, 0.2) is 23.6 Å². The third kappa shape index (κ3) is 4.52. The van der Waals surface area contributed by atoms with E-state index in [2.05, 4.69) is 21.4 Å². The van der Waals surface area contributed by atoms with Crippen molar-refractivity contribution in [3.8, 4) is 22.4 Å². The van der Waals surface area contributed by atoms with Crippen LogP contribution in [0.3, 0.4) is 0 Å². The molecule has 1 aromatic carbocycles. The lowest BCUT2D eigenvalue weighted by Gasteiger charge is -2.14. The molecular weight excluding hydrogens is 434 g/mol. The number of thiazole rings is 2. The van der Waals surface area contributed by atoms with Gasteiger partial charge in [0.15, 0.2) is 10.3 Å². The van der Waals surface area contributed by atoms with Crippen LogP contribution in [0.1, 0.15) is 25.1 Å². The molecule has 136 valence electrons. The molecule has 0 aliphatic rings. The van der Waals surface area contributed by atoms with Crippen LogP contribution in [-0.2, 0) is 0 Å². The van der Waals surface area contributed by atoms with Crippen molar-refractivity contribution in [2.75, 3.05) is 11.1 Å². The van der Waals surface area contributed by atoms with E-state index in [1.165, 1.54) is 22.7 Å². The van der Waals surface area contributed by atoms with Gasteiger partial charge in [0.25, 0.3) is 0 Å². The van der Waals surface area contributed by atoms with Gasteiger partial charge in [-0.2, -0.15) is 5.26 Å². The Kier molecular flexibility index (Phi) is 6.58. The summed E-state index contributed by atoms with van der Waals surface area (Å²) in [5.41, 5.74) is 8.74. The first-order valence-electron chi connectivity index (χ1n) is 7.63. The van der Waals surface area contributed by atoms with E-state index < -0.39 is 0 Å². The fraction of sp³-hybridized carbons (Fsp3) is 0.235. The third-order valence-electron chi connectivity index (χ3n) is 3.26. The van der Waals surface area contributed by atoms with E-state index in [1.54, 1.807) is 18.2 Å². The maximum Gasteiger partial charge on any atom is 0.187 e. The molecule has 0 spiro atoms. The van der Waals surface area contributed by atoms with Gasteiger partial charge >= 0.3 is 0 Å². The lowest BCUT2D eigenvalue weighted by molar-refractivity contribution is 0.244. The van der Waals surface area contributed by atoms with Crippen molar-refractivity contribution in [1.82, 2.24) is 9.97 Å². The Labute approximate surface area is 170 Å². The average Bonchev–Trinajstić information content (AvgIpc) is 3.14. The summed E-state index contributed by atoms with van der Waals surface area (Å²) >= 11 is 2.90. The molecule has 0 aliphatic heterocycles. The lowest BCUT2D eigenvalue weighted by Crippen LogP contribution is -2.07. The number of nitrogen functional groups attached to an aromatic ring is 1. The van der Waals surface area contributed by atoms with Gasteiger partial charge in [-0.3, -0.25) is 0 Å². The Morgan fingerprint density at radius 2 is 2.08 bits per heavy atom. The quantitative estimate of drug-likeness (QED) is 0.557. The number of nitrogens with two attached hydrogens (primary N) is 1. The molecule has 3 aromatic rings. The van der Waals surface area contributed by atoms with Crippen molar-refractivity contribution in [3.05, 3.63) is 34.8 Å². The van der Waals surface area contributed by atoms with Crippen LogP contribution in [0.4, 0.5) is 16.0 Å². The molecular formula is C17H18BrN5OS2. The predicted molar refractivity (Wildman–Crippen MR) is 113 cm³/mol. The first-order chi connectivity index (χ1) is 12.0. The van der Waals surface area contributed by atoms with Crippen molar-refractivity contribution in [3.63, 3.8) is 0 Å². The maximum absolute atomic E-state index is 9.14. The van der Waals surface area contributed by atoms with Gasteiger partial charge in [-0.1, -0.05) is 11.3 Å². The van der Waals surface area contributed by atoms with Crippen molar-refractivity contribution >= 4 is 55.6 Å². The van der Waals surface area contributed by atoms with E-state index in [-0.39, 0.29) is 23.1 Å². The van der Waals surface area contributed by atoms with Crippen molar-refractivity contribution in [2.45, 2.75) is 26.9 Å². The molecule has 0 atom stereocenters. The number of nitrogens with one attached hydrogen (secondary N) is 1. The van der Waals surface area contributed by atoms with Gasteiger partial charge in [0.05, 0.1) is 39.7 Å². The van der Waals surface area contributed by atoms with E-state index in [9.17, 15) is 0 Å². The first-order valence-corrected chi connectivity index (χ1v) is 9.32. The van der Waals surface area contributed by atoms with Crippen LogP contribution in [0, 0.1) is 18.3 Å². The van der Waals surface area contributed by atoms with Crippen LogP contribution in [0.25, 0.3) is 10.6 Å². The Morgan fingerprint density at radius 1 is 1.31 bits per heavy atom. The van der Waals surface area contributed by atoms with E-state index in [0.717, 1.165) is 16.3 Å². The van der Waals surface area contributed by atoms with Crippen LogP contribution < -0.4 is 15.8 Å². The van der Waals surface area contributed by atoms with Crippen LogP contribution in [0.2, 0.25) is 0 Å². The minimum Gasteiger partial charge on any atom is -0.489 e. The van der Waals surface area contributed by atoms with E-state index in [4.69, 9.17) is 15.7 Å². The highest BCUT2D eigenvalue weighted by atomic mass is 79.9. The molecule has 0 fully saturated rings. The zero-order valence-electron chi connectivity index (χ0n) is 14.4. The molecule has 2 heterocycles. The van der Waals surface area contributed by atoms with Crippen molar-refractivity contribution < 1.29 is 4.74 Å². The molecule has 0 unspecified atom stereocenters. The van der Waals surface area contributed by atoms with Gasteiger partial charge in [-0.05, 0) is 39.0 Å². The molecule has 0 saturated heterocycles. The summed E-state index contributed by atoms with van der Waals surface area (Å²) in [5, 5.41) is 15.6. The largest absolute Gasteiger partial charge is 0.489 e. The standard InChI is InChI=1S/C17H17N5OS2.BrH/c1-9(2)23-14-5-4-11(7-18)6-12(14)21-17-22-13(8-24-17)15-10(3)20-16(19)25-15;/h4-6,8-9H,1-3H3,(H2,19,20)(H,21,22);1H. The Hall–Kier alpha value is -2.15. The minimum absolute atomic E-state index is 0. The number of ether oxygens (including phenoxy) is 1. The Balaban J connectivity index is 0.00000243. The van der Waals surface area contributed by atoms with E-state index in [1.807, 2.05) is 26.2 Å². The summed E-state index contributed by atoms with van der Waals surface area (Å²) in [7, 11) is 0. The Bertz CT molecular complexity index is 945. The second-order valence-electron chi connectivity index (χ2n) is 5.62. The number of benzene rings is 1. The molecule has 0 aliphatic carbocycles. The van der Waals surface area contributed by atoms with Crippen LogP contribution in [0.5, 0.6) is 5.75 Å². The normalized spacial score (nSPS) is 10.3. The van der Waals surface area contributed by atoms with Crippen molar-refractivity contribution in [1.29, 1.82) is 5.26 Å². The second kappa shape index (κ2) is 8.49. The van der Waals surface area contributed by atoms with Gasteiger partial charge in [0, 0.05) is 5.38 Å². The number of nitrogens with zero attached hydrogens (tertiary/aromatic N) is 3. The number of hydrogen-bond acceptors (Lipinski definition) is 8. The SMILES string of the molecule is Br.Cc1nc(N)sc1-c1csc(Nc2cc(C#N)ccc2OC(C)C)n1. The fourth-order valence-electron chi connectivity index (χ4n) is 2.26. The van der Waals surface area contributed by atoms with Gasteiger partial charge in [0.1, 0.15) is 5.75 Å². The van der Waals surface area contributed by atoms with E-state index >= 15 is 0 Å². The predicted octanol–water partition coefficient (Wildman–Crippen LogP) is 5.14. The highest BCUT2D eigenvalue weighted by molar-refractivity contribution is 8.93. The summed E-state index contributed by atoms with van der Waals surface area (Å²) in [6, 6.07) is 7.43. The lowest BCUT2D eigenvalue weighted by atomic mass is 10.2. The van der Waals surface area contributed by atoms with Gasteiger partial charge in [-0.25, -0.2) is 9.97 Å². The van der Waals surface area contributed by atoms with Gasteiger partial charge in [0.2, 0.25) is 0 Å². The van der Waals surface area contributed by atoms with Crippen LogP contribution in [-0.4, -0.2) is 16.1 Å². The summed E-state index contributed by atoms with van der Waals surface area (Å²) in [5.74, 6) is 0.684. The molecule has 3 rings (SSSR count). The molecule has 9 heteroatoms. The van der Waals surface area contributed by atoms with E-state index in [0.29, 0.717) is 27.3 Å². The number of rotatable bonds is 5. The summed E-state index contributed by atoms with van der Waals surface area (Å²) < 4.78 is 5.81. The third-order valence-corrected chi connectivity index (χ3v) is 5.03. The number of halogens is 1. The fourth-order valence-corrected chi connectivity index (χ4v) is 3.84. The zero-order chi connectivity index (χ0) is 18.0. The number of aromatic nitrogens is 2. The average molecular weight is 452 g/mol. The number of hydrogen-bond donors (Lipinski definition) is 2. The maximum atomic E-state index is 9.14. The van der Waals surface area contributed by atoms with Gasteiger partial charge in [-0.15, -0.1) is 28.3 Å². The molecule has 0 radical (unpaired) electrons. The monoisotopic (exact) mass is 451 g/mol. The molecule has 3 N–H and O–H groups in total. The number of anilines is 3. The highest BCUT2D eigenvalue weighted by Gasteiger charge is 2.14. The van der Waals surface area contributed by atoms with Crippen LogP contribution >= 0.6 is 39.7 Å². The molecule has 0 saturated carbocycles. The molecule has 26 heavy (non-hydrogen) atoms. The summed E-state index contributed by atoms with van der Waals surface area (Å²) in [6.07, 6.45) is 0.0307. The number of nitriles is 1. The molecule has 2 aromatic heterocycles. The summed E-state index contributed by atoms with van der Waals surface area (Å²) in [6.45, 7) is 5.83. The molecule has 0 amide bonds. The molecule has 6 nitrogen and oxygen atoms in total. The van der Waals surface area contributed by atoms with Crippen molar-refractivity contribution in [2.24, 2.45) is 0 Å². The molecule has 0 bridgehead atoms. The minimum atomic E-state index is 0. The summed E-state index contributed by atoms with van der Waals surface area (Å²) in [4.78, 5) is 9.81.